The molecule has 1 aromatic heterocycles. The van der Waals surface area contributed by atoms with Gasteiger partial charge in [-0.25, -0.2) is 4.79 Å². The lowest BCUT2D eigenvalue weighted by Crippen LogP contribution is -2.44. The van der Waals surface area contributed by atoms with E-state index in [0.29, 0.717) is 37.4 Å². The molecule has 1 saturated heterocycles. The van der Waals surface area contributed by atoms with Crippen molar-refractivity contribution in [2.75, 3.05) is 51.6 Å². The number of likely N-dealkylation sites (N-methyl/N-ethyl adjacent to an activating group) is 1. The molecule has 1 aliphatic rings. The van der Waals surface area contributed by atoms with Crippen molar-refractivity contribution in [2.45, 2.75) is 103 Å². The van der Waals surface area contributed by atoms with E-state index >= 15 is 0 Å². The first-order valence-corrected chi connectivity index (χ1v) is 28.0. The van der Waals surface area contributed by atoms with Gasteiger partial charge in [-0.3, -0.25) is 19.8 Å². The number of rotatable bonds is 22. The number of H-pyrrole nitrogens is 1. The number of para-hydroxylation sites is 1. The third-order valence-electron chi connectivity index (χ3n) is 14.0. The molecule has 0 bridgehead atoms. The number of amides is 2. The van der Waals surface area contributed by atoms with Crippen molar-refractivity contribution in [3.63, 3.8) is 0 Å². The van der Waals surface area contributed by atoms with E-state index in [1.54, 1.807) is 6.07 Å². The van der Waals surface area contributed by atoms with Crippen LogP contribution in [0.2, 0.25) is 18.1 Å². The van der Waals surface area contributed by atoms with Crippen molar-refractivity contribution in [3.05, 3.63) is 167 Å². The molecule has 2 heterocycles. The predicted octanol–water partition coefficient (Wildman–Crippen LogP) is 12.1. The number of aromatic amines is 1. The highest BCUT2D eigenvalue weighted by Gasteiger charge is 2.40. The van der Waals surface area contributed by atoms with E-state index in [-0.39, 0.29) is 28.7 Å². The van der Waals surface area contributed by atoms with Crippen molar-refractivity contribution in [1.82, 2.24) is 19.7 Å². The molecule has 0 spiro atoms. The number of piperidine rings is 1. The second-order valence-electron chi connectivity index (χ2n) is 20.2. The number of nitrogens with zero attached hydrogens (tertiary/aromatic N) is 3. The molecule has 0 saturated carbocycles. The Kier molecular flexibility index (Phi) is 18.3. The number of carbonyl (C=O) groups is 2. The number of pyridine rings is 1. The predicted molar refractivity (Wildman–Crippen MR) is 286 cm³/mol. The number of anilines is 1. The van der Waals surface area contributed by atoms with E-state index in [9.17, 15) is 14.4 Å². The summed E-state index contributed by atoms with van der Waals surface area (Å²) in [7, 11) is -0.390. The van der Waals surface area contributed by atoms with Crippen LogP contribution in [0.4, 0.5) is 10.5 Å². The molecule has 7 rings (SSSR count). The zero-order chi connectivity index (χ0) is 49.5. The molecule has 2 amide bonds. The molecule has 12 heteroatoms. The maximum atomic E-state index is 13.4. The molecule has 5 aromatic carbocycles. The molecule has 1 aliphatic heterocycles. The van der Waals surface area contributed by atoms with Crippen molar-refractivity contribution in [1.29, 1.82) is 0 Å². The standard InChI is InChI=1S/C58H73N5O6Si/c1-58(2,3)70(5,6)69-53(49-30-32-52(56-50(49)31-33-54(64)60-56)67-43-45-23-13-8-14-24-45)42-63(41-44-21-11-7-12-22-44)36-20-10-17-29-55(65)61(4)39-40-62-37-34-47(35-38-62)68-57(66)59-51-28-19-18-27-48(51)46-25-15-9-16-26-46/h7-9,11-16,18-19,21-28,30-33,47,53H,10,17,20,29,34-43H2,1-6H3,(H,59,66)(H,60,64)/t53-/m0/s1. The van der Waals surface area contributed by atoms with Gasteiger partial charge in [-0.1, -0.05) is 142 Å². The van der Waals surface area contributed by atoms with Gasteiger partial charge in [0.05, 0.1) is 17.3 Å². The van der Waals surface area contributed by atoms with E-state index in [0.717, 1.165) is 98.2 Å². The average molecular weight is 964 g/mol. The number of aromatic nitrogens is 1. The summed E-state index contributed by atoms with van der Waals surface area (Å²) in [5, 5.41) is 3.85. The number of hydrogen-bond donors (Lipinski definition) is 2. The number of nitrogens with one attached hydrogen (secondary N) is 2. The summed E-state index contributed by atoms with van der Waals surface area (Å²) in [5.74, 6) is 0.791. The van der Waals surface area contributed by atoms with Gasteiger partial charge in [-0.05, 0) is 90.8 Å². The summed E-state index contributed by atoms with van der Waals surface area (Å²) in [6, 6.07) is 46.0. The Bertz CT molecular complexity index is 2650. The molecule has 1 atom stereocenters. The highest BCUT2D eigenvalue weighted by molar-refractivity contribution is 6.74. The maximum Gasteiger partial charge on any atom is 0.411 e. The van der Waals surface area contributed by atoms with Gasteiger partial charge in [-0.2, -0.15) is 0 Å². The van der Waals surface area contributed by atoms with E-state index < -0.39 is 14.4 Å². The van der Waals surface area contributed by atoms with Gasteiger partial charge in [0, 0.05) is 69.8 Å². The third-order valence-corrected chi connectivity index (χ3v) is 18.5. The van der Waals surface area contributed by atoms with Crippen molar-refractivity contribution >= 4 is 36.9 Å². The van der Waals surface area contributed by atoms with Gasteiger partial charge in [-0.15, -0.1) is 0 Å². The highest BCUT2D eigenvalue weighted by Crippen LogP contribution is 2.42. The Morgan fingerprint density at radius 3 is 2.14 bits per heavy atom. The SMILES string of the molecule is CN(CCN1CCC(OC(=O)Nc2ccccc2-c2ccccc2)CC1)C(=O)CCCCCN(Cc1ccccc1)C[C@H](O[Si](C)(C)C(C)(C)C)c1ccc(OCc2ccccc2)c2[nH]c(=O)ccc12. The van der Waals surface area contributed by atoms with E-state index in [2.05, 4.69) is 84.3 Å². The number of likely N-dealkylation sites (tertiary alicyclic amines) is 1. The highest BCUT2D eigenvalue weighted by atomic mass is 28.4. The third kappa shape index (κ3) is 14.7. The summed E-state index contributed by atoms with van der Waals surface area (Å²) in [6.45, 7) is 17.1. The molecule has 1 fully saturated rings. The van der Waals surface area contributed by atoms with Crippen LogP contribution in [0.1, 0.15) is 82.1 Å². The van der Waals surface area contributed by atoms with Crippen LogP contribution in [0, 0.1) is 0 Å². The zero-order valence-corrected chi connectivity index (χ0v) is 43.1. The van der Waals surface area contributed by atoms with Gasteiger partial charge in [0.25, 0.3) is 0 Å². The average Bonchev–Trinajstić information content (AvgIpc) is 3.35. The number of ether oxygens (including phenoxy) is 2. The normalized spacial score (nSPS) is 14.1. The number of benzene rings is 5. The number of carbonyl (C=O) groups excluding carboxylic acids is 2. The first kappa shape index (κ1) is 51.8. The van der Waals surface area contributed by atoms with Crippen LogP contribution in [0.15, 0.2) is 144 Å². The second kappa shape index (κ2) is 24.7. The van der Waals surface area contributed by atoms with E-state index in [1.165, 1.54) is 5.56 Å². The lowest BCUT2D eigenvalue weighted by atomic mass is 10.0. The minimum Gasteiger partial charge on any atom is -0.487 e. The second-order valence-corrected chi connectivity index (χ2v) is 25.0. The number of fused-ring (bicyclic) bond motifs is 1. The smallest absolute Gasteiger partial charge is 0.411 e. The first-order valence-electron chi connectivity index (χ1n) is 25.1. The topological polar surface area (TPSA) is 116 Å². The maximum absolute atomic E-state index is 13.4. The summed E-state index contributed by atoms with van der Waals surface area (Å²) in [6.07, 6.45) is 3.83. The van der Waals surface area contributed by atoms with Crippen LogP contribution in [0.5, 0.6) is 5.75 Å². The largest absolute Gasteiger partial charge is 0.487 e. The van der Waals surface area contributed by atoms with Crippen LogP contribution >= 0.6 is 0 Å². The van der Waals surface area contributed by atoms with Gasteiger partial charge in [0.15, 0.2) is 8.32 Å². The summed E-state index contributed by atoms with van der Waals surface area (Å²) >= 11 is 0. The number of hydrogen-bond acceptors (Lipinski definition) is 8. The molecular formula is C58H73N5O6Si. The Morgan fingerprint density at radius 1 is 0.786 bits per heavy atom. The number of unbranched alkanes of at least 4 members (excludes halogenated alkanes) is 2. The fourth-order valence-corrected chi connectivity index (χ4v) is 10.1. The zero-order valence-electron chi connectivity index (χ0n) is 42.1. The van der Waals surface area contributed by atoms with Crippen LogP contribution < -0.4 is 15.6 Å². The minimum absolute atomic E-state index is 0.0270. The Labute approximate surface area is 416 Å². The lowest BCUT2D eigenvalue weighted by molar-refractivity contribution is -0.130. The fourth-order valence-electron chi connectivity index (χ4n) is 8.83. The molecule has 6 aromatic rings. The van der Waals surface area contributed by atoms with Crippen molar-refractivity contribution < 1.29 is 23.5 Å². The monoisotopic (exact) mass is 964 g/mol. The Morgan fingerprint density at radius 2 is 1.44 bits per heavy atom. The molecule has 70 heavy (non-hydrogen) atoms. The summed E-state index contributed by atoms with van der Waals surface area (Å²) < 4.78 is 19.6. The fraction of sp³-hybridized carbons (Fsp3) is 0.397. The molecule has 370 valence electrons. The minimum atomic E-state index is -2.29. The van der Waals surface area contributed by atoms with Crippen LogP contribution in [-0.2, 0) is 27.1 Å². The van der Waals surface area contributed by atoms with Crippen LogP contribution in [0.3, 0.4) is 0 Å². The van der Waals surface area contributed by atoms with Crippen molar-refractivity contribution in [2.24, 2.45) is 0 Å². The van der Waals surface area contributed by atoms with E-state index in [1.807, 2.05) is 115 Å². The molecule has 2 N–H and O–H groups in total. The Hall–Kier alpha value is -6.05. The van der Waals surface area contributed by atoms with Crippen LogP contribution in [-0.4, -0.2) is 92.4 Å². The van der Waals surface area contributed by atoms with Gasteiger partial charge >= 0.3 is 6.09 Å². The van der Waals surface area contributed by atoms with E-state index in [4.69, 9.17) is 13.9 Å². The lowest BCUT2D eigenvalue weighted by Gasteiger charge is -2.41. The first-order chi connectivity index (χ1) is 33.7. The van der Waals surface area contributed by atoms with Gasteiger partial charge in [0.2, 0.25) is 11.5 Å². The molecule has 11 nitrogen and oxygen atoms in total. The Balaban J connectivity index is 0.914. The molecule has 0 unspecified atom stereocenters. The van der Waals surface area contributed by atoms with Gasteiger partial charge in [0.1, 0.15) is 18.5 Å². The molecule has 0 radical (unpaired) electrons. The van der Waals surface area contributed by atoms with Crippen LogP contribution in [0.25, 0.3) is 22.0 Å². The quantitative estimate of drug-likeness (QED) is 0.0510. The van der Waals surface area contributed by atoms with Crippen molar-refractivity contribution in [3.8, 4) is 16.9 Å². The van der Waals surface area contributed by atoms with Gasteiger partial charge < -0.3 is 28.7 Å². The summed E-state index contributed by atoms with van der Waals surface area (Å²) in [4.78, 5) is 48.9. The molecule has 0 aliphatic carbocycles. The summed E-state index contributed by atoms with van der Waals surface area (Å²) in [5.41, 5.74) is 6.50. The molecular weight excluding hydrogens is 891 g/mol.